The van der Waals surface area contributed by atoms with Gasteiger partial charge in [0.05, 0.1) is 5.69 Å². The Morgan fingerprint density at radius 3 is 2.31 bits per heavy atom. The van der Waals surface area contributed by atoms with Gasteiger partial charge in [-0.25, -0.2) is 8.78 Å². The number of H-pyrrole nitrogens is 2. The van der Waals surface area contributed by atoms with Crippen LogP contribution in [0.15, 0.2) is 55.0 Å². The van der Waals surface area contributed by atoms with Gasteiger partial charge in [-0.05, 0) is 19.2 Å². The van der Waals surface area contributed by atoms with Crippen LogP contribution in [0.25, 0.3) is 33.2 Å². The minimum Gasteiger partial charge on any atom is -0.367 e. The zero-order valence-corrected chi connectivity index (χ0v) is 16.2. The lowest BCUT2D eigenvalue weighted by atomic mass is 9.97. The summed E-state index contributed by atoms with van der Waals surface area (Å²) in [4.78, 5) is 10.6. The number of aromatic nitrogens is 2. The molecule has 1 aliphatic heterocycles. The molecule has 0 radical (unpaired) electrons. The number of aromatic amines is 2. The number of nitrogens with one attached hydrogen (secondary N) is 2. The second-order valence-electron chi connectivity index (χ2n) is 7.60. The Morgan fingerprint density at radius 2 is 1.52 bits per heavy atom. The molecule has 4 aromatic rings. The van der Waals surface area contributed by atoms with Gasteiger partial charge in [0.1, 0.15) is 11.6 Å². The van der Waals surface area contributed by atoms with Crippen molar-refractivity contribution in [2.45, 2.75) is 0 Å². The van der Waals surface area contributed by atoms with E-state index in [0.717, 1.165) is 59.8 Å². The summed E-state index contributed by atoms with van der Waals surface area (Å²) in [6, 6.07) is 10.7. The second kappa shape index (κ2) is 7.04. The van der Waals surface area contributed by atoms with E-state index >= 15 is 0 Å². The summed E-state index contributed by atoms with van der Waals surface area (Å²) in [7, 11) is 2.05. The second-order valence-corrected chi connectivity index (χ2v) is 7.60. The number of anilines is 1. The summed E-state index contributed by atoms with van der Waals surface area (Å²) in [5.74, 6) is -1.07. The molecule has 148 valence electrons. The molecule has 1 saturated heterocycles. The quantitative estimate of drug-likeness (QED) is 0.523. The Hall–Kier alpha value is -3.12. The Balaban J connectivity index is 1.61. The summed E-state index contributed by atoms with van der Waals surface area (Å²) in [6.45, 7) is 3.16. The topological polar surface area (TPSA) is 38.1 Å². The number of para-hydroxylation sites is 1. The Labute approximate surface area is 167 Å². The Bertz CT molecular complexity index is 1170. The van der Waals surface area contributed by atoms with Crippen molar-refractivity contribution < 1.29 is 8.78 Å². The molecular weight excluding hydrogens is 370 g/mol. The molecule has 2 aromatic heterocycles. The maximum absolute atomic E-state index is 14.9. The van der Waals surface area contributed by atoms with E-state index < -0.39 is 11.6 Å². The van der Waals surface area contributed by atoms with Crippen molar-refractivity contribution in [3.63, 3.8) is 0 Å². The van der Waals surface area contributed by atoms with Crippen LogP contribution < -0.4 is 4.90 Å². The largest absolute Gasteiger partial charge is 0.367 e. The van der Waals surface area contributed by atoms with Gasteiger partial charge in [-0.1, -0.05) is 18.2 Å². The first-order valence-electron chi connectivity index (χ1n) is 9.78. The van der Waals surface area contributed by atoms with Gasteiger partial charge in [0.15, 0.2) is 0 Å². The van der Waals surface area contributed by atoms with Crippen LogP contribution >= 0.6 is 0 Å². The molecule has 1 aliphatic rings. The number of likely N-dealkylation sites (N-methyl/N-ethyl adjacent to an activating group) is 1. The summed E-state index contributed by atoms with van der Waals surface area (Å²) in [5.41, 5.74) is 4.48. The van der Waals surface area contributed by atoms with Crippen LogP contribution in [0.4, 0.5) is 14.5 Å². The summed E-state index contributed by atoms with van der Waals surface area (Å²) < 4.78 is 29.5. The van der Waals surface area contributed by atoms with E-state index in [1.165, 1.54) is 0 Å². The highest BCUT2D eigenvalue weighted by atomic mass is 19.1. The zero-order chi connectivity index (χ0) is 20.0. The average molecular weight is 392 g/mol. The van der Waals surface area contributed by atoms with Crippen LogP contribution in [-0.2, 0) is 0 Å². The molecular formula is C23H22F2N4. The lowest BCUT2D eigenvalue weighted by molar-refractivity contribution is 0.311. The van der Waals surface area contributed by atoms with Gasteiger partial charge in [0.25, 0.3) is 0 Å². The van der Waals surface area contributed by atoms with Gasteiger partial charge in [-0.15, -0.1) is 0 Å². The fourth-order valence-electron chi connectivity index (χ4n) is 4.14. The molecule has 0 aliphatic carbocycles. The van der Waals surface area contributed by atoms with Crippen molar-refractivity contribution in [2.75, 3.05) is 38.1 Å². The smallest absolute Gasteiger partial charge is 0.149 e. The molecule has 3 heterocycles. The number of piperazine rings is 1. The first kappa shape index (κ1) is 17.9. The number of hydrogen-bond donors (Lipinski definition) is 2. The molecule has 4 nitrogen and oxygen atoms in total. The number of rotatable bonds is 3. The lowest BCUT2D eigenvalue weighted by Crippen LogP contribution is -2.44. The van der Waals surface area contributed by atoms with Gasteiger partial charge in [0, 0.05) is 84.0 Å². The molecule has 0 saturated carbocycles. The highest BCUT2D eigenvalue weighted by molar-refractivity contribution is 5.99. The Morgan fingerprint density at radius 1 is 0.793 bits per heavy atom. The van der Waals surface area contributed by atoms with Crippen LogP contribution in [0.2, 0.25) is 0 Å². The third kappa shape index (κ3) is 3.09. The third-order valence-corrected chi connectivity index (χ3v) is 5.80. The minimum absolute atomic E-state index is 0.404. The van der Waals surface area contributed by atoms with E-state index in [1.54, 1.807) is 12.3 Å². The number of fused-ring (bicyclic) bond motifs is 1. The molecule has 29 heavy (non-hydrogen) atoms. The molecule has 0 amide bonds. The molecule has 0 unspecified atom stereocenters. The number of halogens is 2. The number of benzene rings is 2. The number of hydrogen-bond acceptors (Lipinski definition) is 2. The highest BCUT2D eigenvalue weighted by Gasteiger charge is 2.22. The van der Waals surface area contributed by atoms with Gasteiger partial charge in [0.2, 0.25) is 0 Å². The standard InChI is InChI=1S/C23H22F2N4/c1-28-6-8-29(9-7-28)23-10-16(20(24)11-21(23)25)17-12-26-13-18(17)19-14-27-22-5-3-2-4-15(19)22/h2-5,10-14,26-27H,6-9H2,1H3. The van der Waals surface area contributed by atoms with Gasteiger partial charge < -0.3 is 19.8 Å². The average Bonchev–Trinajstić information content (AvgIpc) is 3.35. The molecule has 0 spiro atoms. The van der Waals surface area contributed by atoms with Crippen molar-refractivity contribution in [1.82, 2.24) is 14.9 Å². The minimum atomic E-state index is -0.555. The molecule has 0 atom stereocenters. The van der Waals surface area contributed by atoms with Crippen molar-refractivity contribution in [2.24, 2.45) is 0 Å². The van der Waals surface area contributed by atoms with E-state index in [1.807, 2.05) is 41.6 Å². The third-order valence-electron chi connectivity index (χ3n) is 5.80. The normalized spacial score (nSPS) is 15.3. The van der Waals surface area contributed by atoms with E-state index in [9.17, 15) is 8.78 Å². The predicted octanol–water partition coefficient (Wildman–Crippen LogP) is 4.86. The molecule has 5 rings (SSSR count). The molecule has 2 aromatic carbocycles. The van der Waals surface area contributed by atoms with Crippen LogP contribution in [0.1, 0.15) is 0 Å². The maximum Gasteiger partial charge on any atom is 0.149 e. The zero-order valence-electron chi connectivity index (χ0n) is 16.2. The lowest BCUT2D eigenvalue weighted by Gasteiger charge is -2.34. The van der Waals surface area contributed by atoms with Gasteiger partial charge in [-0.2, -0.15) is 0 Å². The van der Waals surface area contributed by atoms with Crippen LogP contribution in [0.3, 0.4) is 0 Å². The molecule has 0 bridgehead atoms. The van der Waals surface area contributed by atoms with Crippen LogP contribution in [-0.4, -0.2) is 48.1 Å². The van der Waals surface area contributed by atoms with E-state index in [-0.39, 0.29) is 0 Å². The van der Waals surface area contributed by atoms with Gasteiger partial charge >= 0.3 is 0 Å². The van der Waals surface area contributed by atoms with Crippen LogP contribution in [0.5, 0.6) is 0 Å². The van der Waals surface area contributed by atoms with E-state index in [4.69, 9.17) is 0 Å². The van der Waals surface area contributed by atoms with Crippen molar-refractivity contribution in [3.05, 3.63) is 66.6 Å². The molecule has 1 fully saturated rings. The summed E-state index contributed by atoms with van der Waals surface area (Å²) in [6.07, 6.45) is 5.57. The fourth-order valence-corrected chi connectivity index (χ4v) is 4.14. The van der Waals surface area contributed by atoms with Crippen LogP contribution in [0, 0.1) is 11.6 Å². The number of nitrogens with zero attached hydrogens (tertiary/aromatic N) is 2. The summed E-state index contributed by atoms with van der Waals surface area (Å²) in [5, 5.41) is 1.06. The maximum atomic E-state index is 14.9. The highest BCUT2D eigenvalue weighted by Crippen LogP contribution is 2.39. The molecule has 2 N–H and O–H groups in total. The Kier molecular flexibility index (Phi) is 4.36. The van der Waals surface area contributed by atoms with Crippen molar-refractivity contribution in [1.29, 1.82) is 0 Å². The van der Waals surface area contributed by atoms with Gasteiger partial charge in [-0.3, -0.25) is 0 Å². The van der Waals surface area contributed by atoms with Crippen molar-refractivity contribution in [3.8, 4) is 22.3 Å². The first-order valence-corrected chi connectivity index (χ1v) is 9.78. The summed E-state index contributed by atoms with van der Waals surface area (Å²) >= 11 is 0. The van der Waals surface area contributed by atoms with Crippen molar-refractivity contribution >= 4 is 16.6 Å². The first-order chi connectivity index (χ1) is 14.1. The molecule has 6 heteroatoms. The fraction of sp³-hybridized carbons (Fsp3) is 0.217. The predicted molar refractivity (Wildman–Crippen MR) is 113 cm³/mol. The monoisotopic (exact) mass is 392 g/mol. The van der Waals surface area contributed by atoms with E-state index in [0.29, 0.717) is 11.3 Å². The SMILES string of the molecule is CN1CCN(c2cc(-c3c[nH]cc3-c3c[nH]c4ccccc34)c(F)cc2F)CC1. The van der Waals surface area contributed by atoms with E-state index in [2.05, 4.69) is 21.9 Å².